The van der Waals surface area contributed by atoms with Gasteiger partial charge in [0.25, 0.3) is 0 Å². The monoisotopic (exact) mass is 420 g/mol. The van der Waals surface area contributed by atoms with Crippen molar-refractivity contribution in [3.8, 4) is 17.2 Å². The lowest BCUT2D eigenvalue weighted by molar-refractivity contribution is 0.348. The predicted octanol–water partition coefficient (Wildman–Crippen LogP) is 4.36. The van der Waals surface area contributed by atoms with E-state index < -0.39 is 0 Å². The van der Waals surface area contributed by atoms with Gasteiger partial charge in [-0.05, 0) is 37.6 Å². The number of likely N-dealkylation sites (N-methyl/N-ethyl adjacent to an activating group) is 2. The van der Waals surface area contributed by atoms with E-state index in [9.17, 15) is 0 Å². The van der Waals surface area contributed by atoms with Gasteiger partial charge in [-0.25, -0.2) is 9.97 Å². The van der Waals surface area contributed by atoms with Crippen molar-refractivity contribution in [2.24, 2.45) is 0 Å². The van der Waals surface area contributed by atoms with Crippen molar-refractivity contribution in [1.82, 2.24) is 9.97 Å². The van der Waals surface area contributed by atoms with Gasteiger partial charge in [0, 0.05) is 24.7 Å². The fraction of sp³-hybridized carbons (Fsp3) is 0.333. The second-order valence-corrected chi connectivity index (χ2v) is 7.24. The van der Waals surface area contributed by atoms with Crippen molar-refractivity contribution >= 4 is 28.2 Å². The highest BCUT2D eigenvalue weighted by atomic mass is 16.5. The summed E-state index contributed by atoms with van der Waals surface area (Å²) >= 11 is 0. The van der Waals surface area contributed by atoms with Crippen molar-refractivity contribution in [1.29, 1.82) is 0 Å². The summed E-state index contributed by atoms with van der Waals surface area (Å²) in [5.41, 5.74) is 3.50. The van der Waals surface area contributed by atoms with E-state index in [1.165, 1.54) is 0 Å². The maximum absolute atomic E-state index is 5.68. The summed E-state index contributed by atoms with van der Waals surface area (Å²) in [5.74, 6) is 3.65. The van der Waals surface area contributed by atoms with Crippen LogP contribution in [0.4, 0.5) is 11.6 Å². The third kappa shape index (κ3) is 3.30. The fourth-order valence-electron chi connectivity index (χ4n) is 4.21. The number of para-hydroxylation sites is 2. The molecule has 0 fully saturated rings. The number of hydrogen-bond acceptors (Lipinski definition) is 7. The van der Waals surface area contributed by atoms with Crippen molar-refractivity contribution < 1.29 is 14.2 Å². The molecule has 0 N–H and O–H groups in total. The third-order valence-corrected chi connectivity index (χ3v) is 5.71. The van der Waals surface area contributed by atoms with Crippen LogP contribution in [0.5, 0.6) is 17.2 Å². The van der Waals surface area contributed by atoms with Crippen LogP contribution in [0.2, 0.25) is 0 Å². The first-order chi connectivity index (χ1) is 15.1. The van der Waals surface area contributed by atoms with E-state index in [4.69, 9.17) is 24.2 Å². The SMILES string of the molecule is C=C(c1cc(OC)c(OC)cc1OC)C1N(CC)c2nc3ccccc3nc2N1CC. The van der Waals surface area contributed by atoms with Crippen LogP contribution in [0.15, 0.2) is 43.0 Å². The molecule has 2 heterocycles. The van der Waals surface area contributed by atoms with E-state index in [-0.39, 0.29) is 6.17 Å². The third-order valence-electron chi connectivity index (χ3n) is 5.71. The van der Waals surface area contributed by atoms with E-state index in [1.807, 2.05) is 36.4 Å². The van der Waals surface area contributed by atoms with E-state index in [0.717, 1.165) is 46.9 Å². The Hall–Kier alpha value is -3.48. The van der Waals surface area contributed by atoms with Gasteiger partial charge in [-0.3, -0.25) is 0 Å². The molecule has 3 aromatic rings. The minimum atomic E-state index is -0.145. The van der Waals surface area contributed by atoms with Crippen LogP contribution in [-0.2, 0) is 0 Å². The number of anilines is 2. The maximum atomic E-state index is 5.68. The molecular weight excluding hydrogens is 392 g/mol. The molecule has 0 aliphatic carbocycles. The maximum Gasteiger partial charge on any atom is 0.174 e. The zero-order valence-electron chi connectivity index (χ0n) is 18.7. The van der Waals surface area contributed by atoms with Crippen LogP contribution >= 0.6 is 0 Å². The number of ether oxygens (including phenoxy) is 3. The van der Waals surface area contributed by atoms with E-state index >= 15 is 0 Å². The lowest BCUT2D eigenvalue weighted by Crippen LogP contribution is -2.44. The normalized spacial score (nSPS) is 13.5. The Kier molecular flexibility index (Phi) is 5.59. The van der Waals surface area contributed by atoms with Crippen LogP contribution in [0.3, 0.4) is 0 Å². The predicted molar refractivity (Wildman–Crippen MR) is 124 cm³/mol. The van der Waals surface area contributed by atoms with E-state index in [0.29, 0.717) is 17.2 Å². The number of aromatic nitrogens is 2. The summed E-state index contributed by atoms with van der Waals surface area (Å²) in [6, 6.07) is 11.7. The highest BCUT2D eigenvalue weighted by Gasteiger charge is 2.39. The molecule has 4 rings (SSSR count). The molecule has 1 aliphatic rings. The van der Waals surface area contributed by atoms with Gasteiger partial charge in [-0.2, -0.15) is 0 Å². The van der Waals surface area contributed by atoms with Gasteiger partial charge in [-0.1, -0.05) is 18.7 Å². The van der Waals surface area contributed by atoms with Gasteiger partial charge in [0.15, 0.2) is 23.1 Å². The second kappa shape index (κ2) is 8.34. The van der Waals surface area contributed by atoms with Crippen LogP contribution in [-0.4, -0.2) is 50.6 Å². The van der Waals surface area contributed by atoms with Gasteiger partial charge in [0.2, 0.25) is 0 Å². The lowest BCUT2D eigenvalue weighted by atomic mass is 10.0. The highest BCUT2D eigenvalue weighted by molar-refractivity contribution is 5.89. The standard InChI is InChI=1S/C24H28N4O3/c1-7-27-22-23(26-18-12-10-9-11-17(18)25-22)28(8-2)24(27)15(3)16-13-20(30-5)21(31-6)14-19(16)29-4/h9-14,24H,3,7-8H2,1-2,4-6H3. The smallest absolute Gasteiger partial charge is 0.174 e. The number of benzene rings is 2. The minimum absolute atomic E-state index is 0.145. The molecule has 0 saturated heterocycles. The largest absolute Gasteiger partial charge is 0.496 e. The van der Waals surface area contributed by atoms with E-state index in [1.54, 1.807) is 21.3 Å². The van der Waals surface area contributed by atoms with E-state index in [2.05, 4.69) is 30.2 Å². The summed E-state index contributed by atoms with van der Waals surface area (Å²) in [7, 11) is 4.88. The molecule has 0 amide bonds. The van der Waals surface area contributed by atoms with Gasteiger partial charge >= 0.3 is 0 Å². The quantitative estimate of drug-likeness (QED) is 0.563. The number of hydrogen-bond donors (Lipinski definition) is 0. The number of fused-ring (bicyclic) bond motifs is 2. The van der Waals surface area contributed by atoms with Gasteiger partial charge in [0.1, 0.15) is 11.9 Å². The molecule has 0 bridgehead atoms. The van der Waals surface area contributed by atoms with Gasteiger partial charge in [-0.15, -0.1) is 0 Å². The van der Waals surface area contributed by atoms with Crippen LogP contribution in [0.1, 0.15) is 19.4 Å². The van der Waals surface area contributed by atoms with Gasteiger partial charge < -0.3 is 24.0 Å². The molecule has 0 spiro atoms. The molecule has 1 aromatic heterocycles. The summed E-state index contributed by atoms with van der Waals surface area (Å²) < 4.78 is 16.7. The van der Waals surface area contributed by atoms with Crippen molar-refractivity contribution in [3.63, 3.8) is 0 Å². The van der Waals surface area contributed by atoms with Gasteiger partial charge in [0.05, 0.1) is 32.4 Å². The molecule has 2 aromatic carbocycles. The zero-order chi connectivity index (χ0) is 22.1. The molecule has 7 nitrogen and oxygen atoms in total. The molecule has 1 aliphatic heterocycles. The average molecular weight is 421 g/mol. The zero-order valence-corrected chi connectivity index (χ0v) is 18.7. The molecule has 31 heavy (non-hydrogen) atoms. The number of rotatable bonds is 7. The second-order valence-electron chi connectivity index (χ2n) is 7.24. The first kappa shape index (κ1) is 20.8. The molecule has 162 valence electrons. The Bertz CT molecular complexity index is 1080. The molecular formula is C24H28N4O3. The van der Waals surface area contributed by atoms with Crippen LogP contribution in [0, 0.1) is 0 Å². The molecule has 7 heteroatoms. The van der Waals surface area contributed by atoms with Crippen molar-refractivity contribution in [2.75, 3.05) is 44.2 Å². The Labute approximate surface area is 182 Å². The topological polar surface area (TPSA) is 60.0 Å². The summed E-state index contributed by atoms with van der Waals surface area (Å²) in [5, 5.41) is 0. The van der Waals surface area contributed by atoms with Crippen LogP contribution in [0.25, 0.3) is 16.6 Å². The fourth-order valence-corrected chi connectivity index (χ4v) is 4.21. The average Bonchev–Trinajstić information content (AvgIpc) is 3.13. The Balaban J connectivity index is 1.85. The number of methoxy groups -OCH3 is 3. The van der Waals surface area contributed by atoms with Crippen molar-refractivity contribution in [2.45, 2.75) is 20.0 Å². The lowest BCUT2D eigenvalue weighted by Gasteiger charge is -2.33. The molecule has 0 unspecified atom stereocenters. The first-order valence-electron chi connectivity index (χ1n) is 10.4. The summed E-state index contributed by atoms with van der Waals surface area (Å²) in [6.07, 6.45) is -0.145. The summed E-state index contributed by atoms with van der Waals surface area (Å²) in [4.78, 5) is 14.3. The molecule has 0 saturated carbocycles. The summed E-state index contributed by atoms with van der Waals surface area (Å²) in [6.45, 7) is 10.2. The Morgan fingerprint density at radius 2 is 1.32 bits per heavy atom. The first-order valence-corrected chi connectivity index (χ1v) is 10.4. The van der Waals surface area contributed by atoms with Crippen molar-refractivity contribution in [3.05, 3.63) is 48.5 Å². The Morgan fingerprint density at radius 1 is 0.839 bits per heavy atom. The highest BCUT2D eigenvalue weighted by Crippen LogP contribution is 2.45. The molecule has 0 radical (unpaired) electrons. The number of nitrogens with zero attached hydrogens (tertiary/aromatic N) is 4. The van der Waals surface area contributed by atoms with Crippen LogP contribution < -0.4 is 24.0 Å². The Morgan fingerprint density at radius 3 is 1.77 bits per heavy atom. The molecule has 0 atom stereocenters. The minimum Gasteiger partial charge on any atom is -0.496 e.